The molecule has 4 heteroatoms. The highest BCUT2D eigenvalue weighted by Crippen LogP contribution is 2.22. The molecule has 2 aromatic rings. The summed E-state index contributed by atoms with van der Waals surface area (Å²) in [5.41, 5.74) is 3.36. The molecule has 4 nitrogen and oxygen atoms in total. The Kier molecular flexibility index (Phi) is 4.06. The van der Waals surface area contributed by atoms with E-state index in [2.05, 4.69) is 24.4 Å². The highest BCUT2D eigenvalue weighted by atomic mass is 16.3. The number of hydrogen-bond donors (Lipinski definition) is 1. The first-order valence-corrected chi connectivity index (χ1v) is 7.39. The second-order valence-electron chi connectivity index (χ2n) is 5.47. The third-order valence-electron chi connectivity index (χ3n) is 3.98. The molecule has 0 radical (unpaired) electrons. The van der Waals surface area contributed by atoms with Gasteiger partial charge in [-0.2, -0.15) is 0 Å². The Morgan fingerprint density at radius 2 is 2.10 bits per heavy atom. The van der Waals surface area contributed by atoms with Crippen LogP contribution < -0.4 is 10.2 Å². The minimum absolute atomic E-state index is 0.231. The zero-order valence-corrected chi connectivity index (χ0v) is 12.2. The smallest absolute Gasteiger partial charge is 0.227 e. The van der Waals surface area contributed by atoms with E-state index < -0.39 is 0 Å². The number of hydrogen-bond acceptors (Lipinski definition) is 3. The maximum absolute atomic E-state index is 11.7. The van der Waals surface area contributed by atoms with E-state index in [0.717, 1.165) is 30.8 Å². The first-order valence-electron chi connectivity index (χ1n) is 7.39. The Labute approximate surface area is 124 Å². The Balaban J connectivity index is 1.58. The number of nitrogens with one attached hydrogen (secondary N) is 1. The van der Waals surface area contributed by atoms with Crippen LogP contribution in [0.5, 0.6) is 0 Å². The third-order valence-corrected chi connectivity index (χ3v) is 3.98. The fraction of sp³-hybridized carbons (Fsp3) is 0.353. The fourth-order valence-electron chi connectivity index (χ4n) is 2.63. The van der Waals surface area contributed by atoms with Crippen LogP contribution in [0.15, 0.2) is 47.3 Å². The van der Waals surface area contributed by atoms with Gasteiger partial charge in [-0.1, -0.05) is 12.1 Å². The summed E-state index contributed by atoms with van der Waals surface area (Å²) in [6.07, 6.45) is 5.09. The summed E-state index contributed by atoms with van der Waals surface area (Å²) in [6, 6.07) is 10.4. The van der Waals surface area contributed by atoms with Crippen LogP contribution in [0.3, 0.4) is 0 Å². The molecule has 1 aromatic carbocycles. The minimum Gasteiger partial charge on any atom is -0.472 e. The average Bonchev–Trinajstić information content (AvgIpc) is 3.17. The molecular formula is C17H20N2O2. The number of carbonyl (C=O) groups is 1. The highest BCUT2D eigenvalue weighted by molar-refractivity contribution is 5.95. The number of anilines is 1. The van der Waals surface area contributed by atoms with Crippen LogP contribution in [-0.2, 0) is 11.3 Å². The van der Waals surface area contributed by atoms with Crippen molar-refractivity contribution in [2.75, 3.05) is 11.4 Å². The van der Waals surface area contributed by atoms with Crippen molar-refractivity contribution in [1.29, 1.82) is 0 Å². The molecule has 110 valence electrons. The van der Waals surface area contributed by atoms with Gasteiger partial charge in [0, 0.05) is 36.8 Å². The van der Waals surface area contributed by atoms with Gasteiger partial charge in [-0.3, -0.25) is 4.79 Å². The molecule has 1 saturated heterocycles. The standard InChI is InChI=1S/C17H20N2O2/c1-13(15-8-10-21-12-15)18-11-14-4-6-16(7-5-14)19-9-2-3-17(19)20/h4-8,10,12-13,18H,2-3,9,11H2,1H3. The van der Waals surface area contributed by atoms with Gasteiger partial charge in [0.05, 0.1) is 12.5 Å². The zero-order valence-electron chi connectivity index (χ0n) is 12.2. The molecule has 1 aromatic heterocycles. The summed E-state index contributed by atoms with van der Waals surface area (Å²) in [7, 11) is 0. The van der Waals surface area contributed by atoms with E-state index in [1.807, 2.05) is 23.1 Å². The number of carbonyl (C=O) groups excluding carboxylic acids is 1. The number of rotatable bonds is 5. The van der Waals surface area contributed by atoms with Crippen molar-refractivity contribution >= 4 is 11.6 Å². The van der Waals surface area contributed by atoms with Gasteiger partial charge in [0.25, 0.3) is 0 Å². The maximum atomic E-state index is 11.7. The lowest BCUT2D eigenvalue weighted by molar-refractivity contribution is -0.117. The lowest BCUT2D eigenvalue weighted by atomic mass is 10.1. The molecule has 1 amide bonds. The number of nitrogens with zero attached hydrogens (tertiary/aromatic N) is 1. The van der Waals surface area contributed by atoms with Gasteiger partial charge in [-0.05, 0) is 37.1 Å². The fourth-order valence-corrected chi connectivity index (χ4v) is 2.63. The van der Waals surface area contributed by atoms with Gasteiger partial charge in [0.1, 0.15) is 0 Å². The molecule has 2 heterocycles. The largest absolute Gasteiger partial charge is 0.472 e. The normalized spacial score (nSPS) is 16.4. The van der Waals surface area contributed by atoms with Crippen molar-refractivity contribution in [2.24, 2.45) is 0 Å². The Bertz CT molecular complexity index is 590. The summed E-state index contributed by atoms with van der Waals surface area (Å²) in [4.78, 5) is 13.6. The second-order valence-corrected chi connectivity index (χ2v) is 5.47. The van der Waals surface area contributed by atoms with Crippen LogP contribution in [-0.4, -0.2) is 12.5 Å². The Hall–Kier alpha value is -2.07. The quantitative estimate of drug-likeness (QED) is 0.916. The van der Waals surface area contributed by atoms with Crippen molar-refractivity contribution < 1.29 is 9.21 Å². The van der Waals surface area contributed by atoms with Crippen LogP contribution in [0.4, 0.5) is 5.69 Å². The second kappa shape index (κ2) is 6.14. The Morgan fingerprint density at radius 3 is 2.71 bits per heavy atom. The van der Waals surface area contributed by atoms with Gasteiger partial charge in [0.2, 0.25) is 5.91 Å². The van der Waals surface area contributed by atoms with E-state index in [1.54, 1.807) is 12.5 Å². The van der Waals surface area contributed by atoms with Gasteiger partial charge in [0.15, 0.2) is 0 Å². The van der Waals surface area contributed by atoms with Gasteiger partial charge in [-0.15, -0.1) is 0 Å². The monoisotopic (exact) mass is 284 g/mol. The van der Waals surface area contributed by atoms with Crippen molar-refractivity contribution in [2.45, 2.75) is 32.4 Å². The molecule has 0 saturated carbocycles. The molecule has 3 rings (SSSR count). The molecule has 21 heavy (non-hydrogen) atoms. The van der Waals surface area contributed by atoms with E-state index in [4.69, 9.17) is 4.42 Å². The average molecular weight is 284 g/mol. The molecule has 1 atom stereocenters. The summed E-state index contributed by atoms with van der Waals surface area (Å²) in [5.74, 6) is 0.231. The van der Waals surface area contributed by atoms with E-state index >= 15 is 0 Å². The first-order chi connectivity index (χ1) is 10.2. The molecular weight excluding hydrogens is 264 g/mol. The SMILES string of the molecule is CC(NCc1ccc(N2CCCC2=O)cc1)c1ccoc1. The van der Waals surface area contributed by atoms with E-state index in [0.29, 0.717) is 6.42 Å². The summed E-state index contributed by atoms with van der Waals surface area (Å²) in [6.45, 7) is 3.75. The molecule has 0 bridgehead atoms. The van der Waals surface area contributed by atoms with Crippen LogP contribution >= 0.6 is 0 Å². The topological polar surface area (TPSA) is 45.5 Å². The van der Waals surface area contributed by atoms with Gasteiger partial charge in [-0.25, -0.2) is 0 Å². The number of furan rings is 1. The predicted octanol–water partition coefficient (Wildman–Crippen LogP) is 3.26. The van der Waals surface area contributed by atoms with Crippen LogP contribution in [0.25, 0.3) is 0 Å². The van der Waals surface area contributed by atoms with Gasteiger partial charge >= 0.3 is 0 Å². The number of amides is 1. The van der Waals surface area contributed by atoms with Crippen molar-refractivity contribution in [3.63, 3.8) is 0 Å². The molecule has 1 aliphatic rings. The Morgan fingerprint density at radius 1 is 1.29 bits per heavy atom. The summed E-state index contributed by atoms with van der Waals surface area (Å²) < 4.78 is 5.09. The van der Waals surface area contributed by atoms with E-state index in [9.17, 15) is 4.79 Å². The van der Waals surface area contributed by atoms with Crippen molar-refractivity contribution in [1.82, 2.24) is 5.32 Å². The van der Waals surface area contributed by atoms with Crippen molar-refractivity contribution in [3.8, 4) is 0 Å². The molecule has 1 unspecified atom stereocenters. The minimum atomic E-state index is 0.231. The summed E-state index contributed by atoms with van der Waals surface area (Å²) >= 11 is 0. The molecule has 0 spiro atoms. The highest BCUT2D eigenvalue weighted by Gasteiger charge is 2.21. The van der Waals surface area contributed by atoms with Crippen LogP contribution in [0, 0.1) is 0 Å². The molecule has 1 aliphatic heterocycles. The van der Waals surface area contributed by atoms with E-state index in [-0.39, 0.29) is 11.9 Å². The molecule has 1 N–H and O–H groups in total. The van der Waals surface area contributed by atoms with Crippen molar-refractivity contribution in [3.05, 3.63) is 54.0 Å². The van der Waals surface area contributed by atoms with Crippen LogP contribution in [0.1, 0.15) is 36.9 Å². The lowest BCUT2D eigenvalue weighted by Gasteiger charge is -2.16. The lowest BCUT2D eigenvalue weighted by Crippen LogP contribution is -2.23. The van der Waals surface area contributed by atoms with Gasteiger partial charge < -0.3 is 14.6 Å². The van der Waals surface area contributed by atoms with E-state index in [1.165, 1.54) is 5.56 Å². The number of benzene rings is 1. The molecule has 0 aliphatic carbocycles. The zero-order chi connectivity index (χ0) is 14.7. The predicted molar refractivity (Wildman–Crippen MR) is 82.0 cm³/mol. The first kappa shape index (κ1) is 13.9. The maximum Gasteiger partial charge on any atom is 0.227 e. The molecule has 1 fully saturated rings. The summed E-state index contributed by atoms with van der Waals surface area (Å²) in [5, 5.41) is 3.46. The third kappa shape index (κ3) is 3.16. The van der Waals surface area contributed by atoms with Crippen LogP contribution in [0.2, 0.25) is 0 Å².